The lowest BCUT2D eigenvalue weighted by Gasteiger charge is -2.38. The topological polar surface area (TPSA) is 0 Å². The number of rotatable bonds is 3. The van der Waals surface area contributed by atoms with Gasteiger partial charge in [0, 0.05) is 5.41 Å². The molecular formula is C20H20. The fraction of sp³-hybridized carbons (Fsp3) is 0.200. The van der Waals surface area contributed by atoms with Gasteiger partial charge in [0.2, 0.25) is 0 Å². The van der Waals surface area contributed by atoms with Gasteiger partial charge in [-0.1, -0.05) is 91.9 Å². The molecule has 0 heteroatoms. The predicted molar refractivity (Wildman–Crippen MR) is 85.7 cm³/mol. The Morgan fingerprint density at radius 1 is 0.800 bits per heavy atom. The molecule has 0 heterocycles. The van der Waals surface area contributed by atoms with Crippen LogP contribution in [-0.4, -0.2) is 0 Å². The molecule has 1 aliphatic rings. The van der Waals surface area contributed by atoms with Crippen LogP contribution in [0.2, 0.25) is 0 Å². The predicted octanol–water partition coefficient (Wildman–Crippen LogP) is 5.12. The summed E-state index contributed by atoms with van der Waals surface area (Å²) in [7, 11) is 0. The molecule has 0 aliphatic heterocycles. The molecule has 0 saturated heterocycles. The lowest BCUT2D eigenvalue weighted by molar-refractivity contribution is 0.415. The van der Waals surface area contributed by atoms with Crippen molar-refractivity contribution in [3.8, 4) is 0 Å². The Morgan fingerprint density at radius 3 is 1.80 bits per heavy atom. The van der Waals surface area contributed by atoms with Crippen LogP contribution in [0.1, 0.15) is 24.5 Å². The number of hydrogen-bond donors (Lipinski definition) is 0. The maximum atomic E-state index is 2.37. The van der Waals surface area contributed by atoms with Crippen LogP contribution in [0.3, 0.4) is 0 Å². The zero-order valence-electron chi connectivity index (χ0n) is 11.9. The Balaban J connectivity index is 2.13. The third-order valence-electron chi connectivity index (χ3n) is 4.47. The molecule has 0 spiro atoms. The first-order valence-electron chi connectivity index (χ1n) is 7.26. The van der Waals surface area contributed by atoms with Crippen LogP contribution in [0.4, 0.5) is 0 Å². The standard InChI is InChI=1S/C20H20/c1-20(17-11-5-2-6-12-17,18-13-7-3-8-14-18)19-15-9-4-10-16-19/h2-15,19H,16H2,1H3. The molecule has 0 bridgehead atoms. The van der Waals surface area contributed by atoms with Crippen molar-refractivity contribution in [2.45, 2.75) is 18.8 Å². The summed E-state index contributed by atoms with van der Waals surface area (Å²) in [6.45, 7) is 2.37. The molecule has 0 fully saturated rings. The highest BCUT2D eigenvalue weighted by atomic mass is 14.4. The molecule has 2 aromatic rings. The molecule has 0 saturated carbocycles. The van der Waals surface area contributed by atoms with Gasteiger partial charge in [0.05, 0.1) is 0 Å². The zero-order chi connectivity index (χ0) is 13.8. The first-order valence-corrected chi connectivity index (χ1v) is 7.26. The first kappa shape index (κ1) is 12.9. The highest BCUT2D eigenvalue weighted by Crippen LogP contribution is 2.42. The van der Waals surface area contributed by atoms with Crippen molar-refractivity contribution in [3.05, 3.63) is 96.1 Å². The van der Waals surface area contributed by atoms with Gasteiger partial charge in [-0.3, -0.25) is 0 Å². The molecule has 20 heavy (non-hydrogen) atoms. The Hall–Kier alpha value is -2.08. The third-order valence-corrected chi connectivity index (χ3v) is 4.47. The van der Waals surface area contributed by atoms with Gasteiger partial charge in [-0.05, 0) is 23.5 Å². The summed E-state index contributed by atoms with van der Waals surface area (Å²) in [5, 5.41) is 0. The van der Waals surface area contributed by atoms with Gasteiger partial charge >= 0.3 is 0 Å². The van der Waals surface area contributed by atoms with Crippen LogP contribution in [0.15, 0.2) is 85.0 Å². The van der Waals surface area contributed by atoms with Gasteiger partial charge in [-0.25, -0.2) is 0 Å². The van der Waals surface area contributed by atoms with Gasteiger partial charge in [0.25, 0.3) is 0 Å². The van der Waals surface area contributed by atoms with E-state index in [9.17, 15) is 0 Å². The fourth-order valence-corrected chi connectivity index (χ4v) is 3.17. The van der Waals surface area contributed by atoms with E-state index in [1.54, 1.807) is 0 Å². The van der Waals surface area contributed by atoms with Gasteiger partial charge in [0.15, 0.2) is 0 Å². The van der Waals surface area contributed by atoms with Crippen LogP contribution in [-0.2, 0) is 5.41 Å². The third kappa shape index (κ3) is 2.22. The van der Waals surface area contributed by atoms with E-state index in [-0.39, 0.29) is 5.41 Å². The molecule has 0 aromatic heterocycles. The van der Waals surface area contributed by atoms with E-state index < -0.39 is 0 Å². The van der Waals surface area contributed by atoms with Crippen LogP contribution in [0, 0.1) is 5.92 Å². The first-order chi connectivity index (χ1) is 9.82. The van der Waals surface area contributed by atoms with Crippen LogP contribution < -0.4 is 0 Å². The Labute approximate surface area is 121 Å². The summed E-state index contributed by atoms with van der Waals surface area (Å²) in [6, 6.07) is 21.7. The van der Waals surface area contributed by atoms with Crippen molar-refractivity contribution in [2.24, 2.45) is 5.92 Å². The molecule has 1 aliphatic carbocycles. The average Bonchev–Trinajstić information content (AvgIpc) is 2.56. The SMILES string of the molecule is CC(c1ccccc1)(c1ccccc1)C1C=CC=CC1. The average molecular weight is 260 g/mol. The molecular weight excluding hydrogens is 240 g/mol. The minimum absolute atomic E-state index is 0.0176. The second kappa shape index (κ2) is 5.50. The Kier molecular flexibility index (Phi) is 3.56. The summed E-state index contributed by atoms with van der Waals surface area (Å²) in [4.78, 5) is 0. The summed E-state index contributed by atoms with van der Waals surface area (Å²) in [5.41, 5.74) is 2.79. The number of benzene rings is 2. The van der Waals surface area contributed by atoms with E-state index in [1.807, 2.05) is 0 Å². The van der Waals surface area contributed by atoms with Gasteiger partial charge in [0.1, 0.15) is 0 Å². The molecule has 0 radical (unpaired) electrons. The van der Waals surface area contributed by atoms with Crippen molar-refractivity contribution in [3.63, 3.8) is 0 Å². The maximum Gasteiger partial charge on any atom is 0.0240 e. The second-order valence-electron chi connectivity index (χ2n) is 5.59. The molecule has 0 amide bonds. The van der Waals surface area contributed by atoms with Crippen molar-refractivity contribution in [1.82, 2.24) is 0 Å². The van der Waals surface area contributed by atoms with Crippen LogP contribution in [0.5, 0.6) is 0 Å². The van der Waals surface area contributed by atoms with Gasteiger partial charge in [-0.15, -0.1) is 0 Å². The molecule has 1 unspecified atom stereocenters. The smallest absolute Gasteiger partial charge is 0.0240 e. The molecule has 3 rings (SSSR count). The van der Waals surface area contributed by atoms with Crippen molar-refractivity contribution in [2.75, 3.05) is 0 Å². The molecule has 0 N–H and O–H groups in total. The molecule has 2 aromatic carbocycles. The highest BCUT2D eigenvalue weighted by molar-refractivity contribution is 5.41. The van der Waals surface area contributed by atoms with E-state index in [0.717, 1.165) is 6.42 Å². The Morgan fingerprint density at radius 2 is 1.35 bits per heavy atom. The van der Waals surface area contributed by atoms with E-state index in [4.69, 9.17) is 0 Å². The Bertz CT molecular complexity index is 566. The summed E-state index contributed by atoms with van der Waals surface area (Å²) >= 11 is 0. The van der Waals surface area contributed by atoms with Crippen LogP contribution >= 0.6 is 0 Å². The van der Waals surface area contributed by atoms with Crippen LogP contribution in [0.25, 0.3) is 0 Å². The number of hydrogen-bond acceptors (Lipinski definition) is 0. The number of allylic oxidation sites excluding steroid dienone is 4. The fourth-order valence-electron chi connectivity index (χ4n) is 3.17. The quantitative estimate of drug-likeness (QED) is 0.718. The molecule has 100 valence electrons. The lowest BCUT2D eigenvalue weighted by Crippen LogP contribution is -2.32. The van der Waals surface area contributed by atoms with Crippen molar-refractivity contribution < 1.29 is 0 Å². The minimum Gasteiger partial charge on any atom is -0.0839 e. The largest absolute Gasteiger partial charge is 0.0839 e. The maximum absolute atomic E-state index is 2.37. The lowest BCUT2D eigenvalue weighted by atomic mass is 9.65. The van der Waals surface area contributed by atoms with E-state index in [1.165, 1.54) is 11.1 Å². The van der Waals surface area contributed by atoms with Gasteiger partial charge in [-0.2, -0.15) is 0 Å². The summed E-state index contributed by atoms with van der Waals surface area (Å²) in [6.07, 6.45) is 10.0. The van der Waals surface area contributed by atoms with E-state index in [2.05, 4.69) is 91.9 Å². The second-order valence-corrected chi connectivity index (χ2v) is 5.59. The normalized spacial score (nSPS) is 18.1. The highest BCUT2D eigenvalue weighted by Gasteiger charge is 2.35. The van der Waals surface area contributed by atoms with Gasteiger partial charge < -0.3 is 0 Å². The minimum atomic E-state index is 0.0176. The van der Waals surface area contributed by atoms with E-state index in [0.29, 0.717) is 5.92 Å². The zero-order valence-corrected chi connectivity index (χ0v) is 11.9. The summed E-state index contributed by atoms with van der Waals surface area (Å²) < 4.78 is 0. The molecule has 0 nitrogen and oxygen atoms in total. The monoisotopic (exact) mass is 260 g/mol. The van der Waals surface area contributed by atoms with Crippen molar-refractivity contribution in [1.29, 1.82) is 0 Å². The summed E-state index contributed by atoms with van der Waals surface area (Å²) in [5.74, 6) is 0.497. The molecule has 1 atom stereocenters. The van der Waals surface area contributed by atoms with E-state index >= 15 is 0 Å². The van der Waals surface area contributed by atoms with Crippen molar-refractivity contribution >= 4 is 0 Å².